The van der Waals surface area contributed by atoms with Crippen molar-refractivity contribution in [2.45, 2.75) is 6.42 Å². The molecule has 0 unspecified atom stereocenters. The molecule has 0 aromatic heterocycles. The highest BCUT2D eigenvalue weighted by molar-refractivity contribution is 5.64. The first kappa shape index (κ1) is 11.2. The lowest BCUT2D eigenvalue weighted by Crippen LogP contribution is -2.15. The third-order valence-electron chi connectivity index (χ3n) is 1.68. The van der Waals surface area contributed by atoms with Crippen LogP contribution < -0.4 is 16.2 Å². The van der Waals surface area contributed by atoms with Gasteiger partial charge < -0.3 is 20.9 Å². The van der Waals surface area contributed by atoms with Gasteiger partial charge in [-0.1, -0.05) is 0 Å². The fourth-order valence-corrected chi connectivity index (χ4v) is 0.986. The van der Waals surface area contributed by atoms with Crippen molar-refractivity contribution in [3.8, 4) is 5.75 Å². The molecule has 1 aromatic rings. The summed E-state index contributed by atoms with van der Waals surface area (Å²) in [7, 11) is 0. The Hall–Kier alpha value is -1.91. The van der Waals surface area contributed by atoms with Crippen LogP contribution in [0.2, 0.25) is 0 Å². The molecule has 0 aliphatic rings. The molecule has 1 rings (SSSR count). The molecule has 0 aliphatic heterocycles. The van der Waals surface area contributed by atoms with Gasteiger partial charge in [-0.15, -0.1) is 0 Å². The van der Waals surface area contributed by atoms with E-state index >= 15 is 0 Å². The Balaban J connectivity index is 2.15. The molecule has 0 fully saturated rings. The molecule has 0 aliphatic carbocycles. The maximum atomic E-state index is 10.2. The molecule has 0 saturated carbocycles. The number of nitrogen functional groups attached to an aromatic ring is 1. The highest BCUT2D eigenvalue weighted by Gasteiger charge is 1.95. The molecule has 0 bridgehead atoms. The maximum absolute atomic E-state index is 10.2. The summed E-state index contributed by atoms with van der Waals surface area (Å²) in [6, 6.07) is 7.08. The summed E-state index contributed by atoms with van der Waals surface area (Å²) in [6.07, 6.45) is -0.157. The molecule has 0 radical (unpaired) electrons. The fraction of sp³-hybridized carbons (Fsp3) is 0.300. The monoisotopic (exact) mass is 210 g/mol. The third-order valence-corrected chi connectivity index (χ3v) is 1.68. The highest BCUT2D eigenvalue weighted by Crippen LogP contribution is 2.12. The molecule has 1 aromatic carbocycles. The average molecular weight is 210 g/mol. The molecule has 0 heterocycles. The zero-order chi connectivity index (χ0) is 11.1. The van der Waals surface area contributed by atoms with E-state index in [0.29, 0.717) is 18.7 Å². The molecule has 15 heavy (non-hydrogen) atoms. The van der Waals surface area contributed by atoms with E-state index in [2.05, 4.69) is 4.74 Å². The van der Waals surface area contributed by atoms with Crippen LogP contribution >= 0.6 is 0 Å². The quantitative estimate of drug-likeness (QED) is 0.563. The lowest BCUT2D eigenvalue weighted by atomic mass is 10.3. The van der Waals surface area contributed by atoms with E-state index < -0.39 is 6.09 Å². The molecular weight excluding hydrogens is 196 g/mol. The third kappa shape index (κ3) is 4.75. The molecular formula is C10H14N2O3. The first-order chi connectivity index (χ1) is 7.18. The van der Waals surface area contributed by atoms with Crippen LogP contribution in [0.4, 0.5) is 10.5 Å². The summed E-state index contributed by atoms with van der Waals surface area (Å²) in [5.41, 5.74) is 11.0. The van der Waals surface area contributed by atoms with Gasteiger partial charge >= 0.3 is 6.09 Å². The summed E-state index contributed by atoms with van der Waals surface area (Å²) >= 11 is 0. The number of rotatable bonds is 5. The van der Waals surface area contributed by atoms with Crippen molar-refractivity contribution in [3.05, 3.63) is 24.3 Å². The predicted octanol–water partition coefficient (Wildman–Crippen LogP) is 1.13. The lowest BCUT2D eigenvalue weighted by Gasteiger charge is -2.06. The highest BCUT2D eigenvalue weighted by atomic mass is 16.5. The number of nitrogens with two attached hydrogens (primary N) is 2. The Morgan fingerprint density at radius 2 is 1.87 bits per heavy atom. The summed E-state index contributed by atoms with van der Waals surface area (Å²) in [5, 5.41) is 0. The molecule has 0 atom stereocenters. The smallest absolute Gasteiger partial charge is 0.404 e. The van der Waals surface area contributed by atoms with E-state index in [1.54, 1.807) is 24.3 Å². The minimum Gasteiger partial charge on any atom is -0.493 e. The predicted molar refractivity (Wildman–Crippen MR) is 56.5 cm³/mol. The second-order valence-electron chi connectivity index (χ2n) is 2.94. The van der Waals surface area contributed by atoms with Crippen molar-refractivity contribution in [1.82, 2.24) is 0 Å². The van der Waals surface area contributed by atoms with Crippen molar-refractivity contribution in [3.63, 3.8) is 0 Å². The molecule has 5 heteroatoms. The Bertz CT molecular complexity index is 311. The molecule has 4 N–H and O–H groups in total. The summed E-state index contributed by atoms with van der Waals surface area (Å²) in [5.74, 6) is 0.739. The Labute approximate surface area is 88.0 Å². The first-order valence-corrected chi connectivity index (χ1v) is 4.59. The largest absolute Gasteiger partial charge is 0.493 e. The van der Waals surface area contributed by atoms with Gasteiger partial charge in [0.05, 0.1) is 13.2 Å². The van der Waals surface area contributed by atoms with Gasteiger partial charge in [0.25, 0.3) is 0 Å². The van der Waals surface area contributed by atoms with Gasteiger partial charge in [-0.3, -0.25) is 0 Å². The van der Waals surface area contributed by atoms with Crippen LogP contribution in [0.3, 0.4) is 0 Å². The lowest BCUT2D eigenvalue weighted by molar-refractivity contribution is 0.147. The number of carbonyl (C=O) groups is 1. The number of amides is 1. The molecule has 1 amide bonds. The molecule has 0 saturated heterocycles. The van der Waals surface area contributed by atoms with E-state index in [1.165, 1.54) is 0 Å². The fourth-order valence-electron chi connectivity index (χ4n) is 0.986. The summed E-state index contributed by atoms with van der Waals surface area (Å²) in [4.78, 5) is 10.2. The van der Waals surface area contributed by atoms with Gasteiger partial charge in [0.15, 0.2) is 0 Å². The number of hydrogen-bond acceptors (Lipinski definition) is 4. The van der Waals surface area contributed by atoms with Crippen LogP contribution in [0.25, 0.3) is 0 Å². The van der Waals surface area contributed by atoms with E-state index in [4.69, 9.17) is 16.2 Å². The first-order valence-electron chi connectivity index (χ1n) is 4.59. The normalized spacial score (nSPS) is 9.60. The van der Waals surface area contributed by atoms with Crippen LogP contribution in [0.15, 0.2) is 24.3 Å². The van der Waals surface area contributed by atoms with Crippen molar-refractivity contribution in [2.24, 2.45) is 5.73 Å². The SMILES string of the molecule is NC(=O)OCCCOc1ccc(N)cc1. The Morgan fingerprint density at radius 3 is 2.47 bits per heavy atom. The number of primary amides is 1. The van der Waals surface area contributed by atoms with Crippen molar-refractivity contribution < 1.29 is 14.3 Å². The van der Waals surface area contributed by atoms with Crippen molar-refractivity contribution in [1.29, 1.82) is 0 Å². The number of benzene rings is 1. The van der Waals surface area contributed by atoms with Crippen LogP contribution in [-0.2, 0) is 4.74 Å². The van der Waals surface area contributed by atoms with Gasteiger partial charge in [0.1, 0.15) is 5.75 Å². The van der Waals surface area contributed by atoms with Crippen molar-refractivity contribution >= 4 is 11.8 Å². The van der Waals surface area contributed by atoms with Gasteiger partial charge in [0.2, 0.25) is 0 Å². The van der Waals surface area contributed by atoms with Gasteiger partial charge in [0, 0.05) is 12.1 Å². The standard InChI is InChI=1S/C10H14N2O3/c11-8-2-4-9(5-3-8)14-6-1-7-15-10(12)13/h2-5H,1,6-7,11H2,(H2,12,13). The van der Waals surface area contributed by atoms with E-state index in [1.807, 2.05) is 0 Å². The topological polar surface area (TPSA) is 87.6 Å². The molecule has 0 spiro atoms. The number of hydrogen-bond donors (Lipinski definition) is 2. The average Bonchev–Trinajstić information content (AvgIpc) is 2.20. The summed E-state index contributed by atoms with van der Waals surface area (Å²) in [6.45, 7) is 0.738. The molecule has 82 valence electrons. The van der Waals surface area contributed by atoms with Gasteiger partial charge in [-0.2, -0.15) is 0 Å². The molecule has 5 nitrogen and oxygen atoms in total. The number of carbonyl (C=O) groups excluding carboxylic acids is 1. The maximum Gasteiger partial charge on any atom is 0.404 e. The second-order valence-corrected chi connectivity index (χ2v) is 2.94. The van der Waals surface area contributed by atoms with Crippen LogP contribution in [-0.4, -0.2) is 19.3 Å². The summed E-state index contributed by atoms with van der Waals surface area (Å²) < 4.78 is 9.89. The van der Waals surface area contributed by atoms with Gasteiger partial charge in [-0.25, -0.2) is 4.79 Å². The van der Waals surface area contributed by atoms with E-state index in [-0.39, 0.29) is 6.61 Å². The number of ether oxygens (including phenoxy) is 2. The minimum absolute atomic E-state index is 0.268. The van der Waals surface area contributed by atoms with Crippen molar-refractivity contribution in [2.75, 3.05) is 18.9 Å². The van der Waals surface area contributed by atoms with Gasteiger partial charge in [-0.05, 0) is 24.3 Å². The minimum atomic E-state index is -0.762. The van der Waals surface area contributed by atoms with Crippen LogP contribution in [0.5, 0.6) is 5.75 Å². The Morgan fingerprint density at radius 1 is 1.20 bits per heavy atom. The van der Waals surface area contributed by atoms with Crippen LogP contribution in [0, 0.1) is 0 Å². The second kappa shape index (κ2) is 5.74. The zero-order valence-electron chi connectivity index (χ0n) is 8.31. The zero-order valence-corrected chi connectivity index (χ0v) is 8.31. The van der Waals surface area contributed by atoms with E-state index in [0.717, 1.165) is 5.75 Å². The number of anilines is 1. The van der Waals surface area contributed by atoms with E-state index in [9.17, 15) is 4.79 Å². The Kier molecular flexibility index (Phi) is 4.28. The van der Waals surface area contributed by atoms with Crippen LogP contribution in [0.1, 0.15) is 6.42 Å².